The third kappa shape index (κ3) is 9.28. The predicted octanol–water partition coefficient (Wildman–Crippen LogP) is 2.34. The second-order valence-corrected chi connectivity index (χ2v) is 11.7. The lowest BCUT2D eigenvalue weighted by Gasteiger charge is -2.50. The van der Waals surface area contributed by atoms with Gasteiger partial charge in [0.2, 0.25) is 18.6 Å². The van der Waals surface area contributed by atoms with Gasteiger partial charge in [-0.1, -0.05) is 74.0 Å². The Morgan fingerprint density at radius 3 is 2.35 bits per heavy atom. The average Bonchev–Trinajstić information content (AvgIpc) is 3.09. The molecule has 13 nitrogen and oxygen atoms in total. The lowest BCUT2D eigenvalue weighted by Crippen LogP contribution is -2.72. The van der Waals surface area contributed by atoms with Gasteiger partial charge in [0.1, 0.15) is 23.8 Å². The standard InChI is InChI=1S/C35H42N4O9/c1-3-4-19-46-34(44)25(36)16-18-27(40)37-29(24-13-9-6-10-14-24)32(42)38-30-26-17-15-22(2)31(39(26)33(30)43)35(45)48-21-47-28(41)20-23-11-7-5-8-12-23/h5-14,25-26,29-30H,3-4,15-21,36H2,1-2H3,(H,37,40)(H,38,42)/t25?,26-,29?,30+/m1/s1. The van der Waals surface area contributed by atoms with Crippen molar-refractivity contribution in [1.29, 1.82) is 0 Å². The van der Waals surface area contributed by atoms with Crippen molar-refractivity contribution in [2.45, 2.75) is 83.0 Å². The molecule has 2 aromatic carbocycles. The second-order valence-electron chi connectivity index (χ2n) is 11.7. The summed E-state index contributed by atoms with van der Waals surface area (Å²) in [6.07, 6.45) is 2.44. The summed E-state index contributed by atoms with van der Waals surface area (Å²) in [5, 5.41) is 5.44. The van der Waals surface area contributed by atoms with E-state index < -0.39 is 66.6 Å². The van der Waals surface area contributed by atoms with Crippen LogP contribution in [0, 0.1) is 0 Å². The van der Waals surface area contributed by atoms with E-state index in [1.807, 2.05) is 13.0 Å². The summed E-state index contributed by atoms with van der Waals surface area (Å²) < 4.78 is 15.4. The first kappa shape index (κ1) is 35.8. The zero-order chi connectivity index (χ0) is 34.6. The number of allylic oxidation sites excluding steroid dienone is 1. The molecular formula is C35H42N4O9. The third-order valence-corrected chi connectivity index (χ3v) is 8.20. The van der Waals surface area contributed by atoms with E-state index in [1.54, 1.807) is 61.5 Å². The van der Waals surface area contributed by atoms with Gasteiger partial charge >= 0.3 is 17.9 Å². The van der Waals surface area contributed by atoms with Crippen molar-refractivity contribution < 1.29 is 43.0 Å². The number of β-lactam (4-membered cyclic amide) rings is 1. The number of nitrogens with zero attached hydrogens (tertiary/aromatic N) is 1. The number of nitrogens with one attached hydrogen (secondary N) is 2. The van der Waals surface area contributed by atoms with Gasteiger partial charge in [0.05, 0.1) is 19.1 Å². The largest absolute Gasteiger partial charge is 0.465 e. The molecule has 0 aliphatic carbocycles. The summed E-state index contributed by atoms with van der Waals surface area (Å²) in [5.74, 6) is -3.61. The number of fused-ring (bicyclic) bond motifs is 1. The first-order valence-electron chi connectivity index (χ1n) is 16.1. The van der Waals surface area contributed by atoms with Gasteiger partial charge in [0, 0.05) is 6.42 Å². The average molecular weight is 663 g/mol. The van der Waals surface area contributed by atoms with Crippen molar-refractivity contribution in [3.8, 4) is 0 Å². The fraction of sp³-hybridized carbons (Fsp3) is 0.429. The minimum absolute atomic E-state index is 0.0138. The van der Waals surface area contributed by atoms with Crippen molar-refractivity contribution in [1.82, 2.24) is 15.5 Å². The van der Waals surface area contributed by atoms with Crippen LogP contribution in [0.4, 0.5) is 0 Å². The Morgan fingerprint density at radius 2 is 1.67 bits per heavy atom. The van der Waals surface area contributed by atoms with Crippen LogP contribution in [0.2, 0.25) is 0 Å². The van der Waals surface area contributed by atoms with Crippen molar-refractivity contribution in [3.05, 3.63) is 83.1 Å². The first-order chi connectivity index (χ1) is 23.1. The van der Waals surface area contributed by atoms with Gasteiger partial charge < -0.3 is 30.6 Å². The second kappa shape index (κ2) is 17.2. The summed E-state index contributed by atoms with van der Waals surface area (Å²) in [5.41, 5.74) is 7.82. The summed E-state index contributed by atoms with van der Waals surface area (Å²) in [6.45, 7) is 3.32. The number of amides is 3. The van der Waals surface area contributed by atoms with E-state index in [9.17, 15) is 28.8 Å². The van der Waals surface area contributed by atoms with Crippen LogP contribution in [-0.2, 0) is 49.4 Å². The molecule has 1 fully saturated rings. The number of carbonyl (C=O) groups excluding carboxylic acids is 6. The zero-order valence-corrected chi connectivity index (χ0v) is 27.1. The Labute approximate surface area is 279 Å². The molecule has 0 saturated carbocycles. The van der Waals surface area contributed by atoms with Gasteiger partial charge in [-0.25, -0.2) is 4.79 Å². The van der Waals surface area contributed by atoms with Gasteiger partial charge in [0.25, 0.3) is 5.91 Å². The number of hydrogen-bond acceptors (Lipinski definition) is 10. The Balaban J connectivity index is 1.33. The van der Waals surface area contributed by atoms with Gasteiger partial charge in [-0.2, -0.15) is 0 Å². The molecule has 3 amide bonds. The van der Waals surface area contributed by atoms with Crippen LogP contribution in [0.15, 0.2) is 71.9 Å². The molecule has 2 heterocycles. The highest BCUT2D eigenvalue weighted by Crippen LogP contribution is 2.37. The van der Waals surface area contributed by atoms with Gasteiger partial charge in [-0.15, -0.1) is 0 Å². The SMILES string of the molecule is CCCCOC(=O)C(N)CCC(=O)NC(C(=O)N[C@@H]1C(=O)N2C(C(=O)OCOC(=O)Cc3ccccc3)=C(C)CC[C@H]12)c1ccccc1. The van der Waals surface area contributed by atoms with E-state index in [-0.39, 0.29) is 31.6 Å². The molecule has 2 aliphatic rings. The fourth-order valence-electron chi connectivity index (χ4n) is 5.51. The molecule has 4 rings (SSSR count). The maximum atomic E-state index is 13.6. The number of nitrogens with two attached hydrogens (primary N) is 1. The summed E-state index contributed by atoms with van der Waals surface area (Å²) in [4.78, 5) is 78.3. The summed E-state index contributed by atoms with van der Waals surface area (Å²) in [6, 6.07) is 13.9. The highest BCUT2D eigenvalue weighted by Gasteiger charge is 2.53. The number of hydrogen-bond donors (Lipinski definition) is 3. The van der Waals surface area contributed by atoms with E-state index in [4.69, 9.17) is 19.9 Å². The smallest absolute Gasteiger partial charge is 0.357 e. The normalized spacial score (nSPS) is 18.1. The maximum absolute atomic E-state index is 13.6. The van der Waals surface area contributed by atoms with Crippen molar-refractivity contribution in [2.24, 2.45) is 5.73 Å². The minimum atomic E-state index is -1.14. The molecular weight excluding hydrogens is 620 g/mol. The van der Waals surface area contributed by atoms with Crippen LogP contribution in [0.3, 0.4) is 0 Å². The number of esters is 3. The summed E-state index contributed by atoms with van der Waals surface area (Å²) >= 11 is 0. The first-order valence-corrected chi connectivity index (χ1v) is 16.1. The molecule has 2 aromatic rings. The number of benzene rings is 2. The van der Waals surface area contributed by atoms with Crippen LogP contribution >= 0.6 is 0 Å². The number of ether oxygens (including phenoxy) is 3. The molecule has 2 unspecified atom stereocenters. The highest BCUT2D eigenvalue weighted by atomic mass is 16.7. The Bertz CT molecular complexity index is 1510. The molecule has 48 heavy (non-hydrogen) atoms. The van der Waals surface area contributed by atoms with Crippen LogP contribution < -0.4 is 16.4 Å². The molecule has 2 aliphatic heterocycles. The number of rotatable bonds is 16. The van der Waals surface area contributed by atoms with E-state index in [2.05, 4.69) is 10.6 Å². The van der Waals surface area contributed by atoms with E-state index in [0.717, 1.165) is 12.0 Å². The molecule has 256 valence electrons. The topological polar surface area (TPSA) is 183 Å². The molecule has 0 aromatic heterocycles. The van der Waals surface area contributed by atoms with Gasteiger partial charge in [0.15, 0.2) is 0 Å². The van der Waals surface area contributed by atoms with E-state index in [1.165, 1.54) is 4.90 Å². The molecule has 1 saturated heterocycles. The molecule has 4 N–H and O–H groups in total. The van der Waals surface area contributed by atoms with Gasteiger partial charge in [-0.3, -0.25) is 28.9 Å². The van der Waals surface area contributed by atoms with E-state index in [0.29, 0.717) is 30.4 Å². The molecule has 0 radical (unpaired) electrons. The zero-order valence-electron chi connectivity index (χ0n) is 27.1. The molecule has 4 atom stereocenters. The Morgan fingerprint density at radius 1 is 0.979 bits per heavy atom. The van der Waals surface area contributed by atoms with Crippen LogP contribution in [0.1, 0.15) is 69.5 Å². The predicted molar refractivity (Wildman–Crippen MR) is 172 cm³/mol. The van der Waals surface area contributed by atoms with Crippen molar-refractivity contribution in [2.75, 3.05) is 13.4 Å². The van der Waals surface area contributed by atoms with Crippen LogP contribution in [0.5, 0.6) is 0 Å². The highest BCUT2D eigenvalue weighted by molar-refractivity contribution is 6.03. The molecule has 0 bridgehead atoms. The lowest BCUT2D eigenvalue weighted by atomic mass is 9.83. The van der Waals surface area contributed by atoms with Crippen molar-refractivity contribution in [3.63, 3.8) is 0 Å². The van der Waals surface area contributed by atoms with Crippen LogP contribution in [-0.4, -0.2) is 72.1 Å². The number of carbonyl (C=O) groups is 6. The van der Waals surface area contributed by atoms with Crippen molar-refractivity contribution >= 4 is 35.6 Å². The Hall–Kier alpha value is -5.04. The van der Waals surface area contributed by atoms with E-state index >= 15 is 0 Å². The molecule has 0 spiro atoms. The minimum Gasteiger partial charge on any atom is -0.465 e. The summed E-state index contributed by atoms with van der Waals surface area (Å²) in [7, 11) is 0. The van der Waals surface area contributed by atoms with Crippen LogP contribution in [0.25, 0.3) is 0 Å². The fourth-order valence-corrected chi connectivity index (χ4v) is 5.51. The quantitative estimate of drug-likeness (QED) is 0.104. The lowest BCUT2D eigenvalue weighted by molar-refractivity contribution is -0.169. The number of unbranched alkanes of at least 4 members (excludes halogenated alkanes) is 1. The monoisotopic (exact) mass is 662 g/mol. The maximum Gasteiger partial charge on any atom is 0.357 e. The molecule has 13 heteroatoms. The third-order valence-electron chi connectivity index (χ3n) is 8.20. The Kier molecular flexibility index (Phi) is 12.8. The van der Waals surface area contributed by atoms with Gasteiger partial charge in [-0.05, 0) is 49.3 Å².